The quantitative estimate of drug-likeness (QED) is 0.513. The van der Waals surface area contributed by atoms with Crippen LogP contribution >= 0.6 is 0 Å². The smallest absolute Gasteiger partial charge is 0.0349 e. The Morgan fingerprint density at radius 1 is 1.45 bits per heavy atom. The first-order valence-corrected chi connectivity index (χ1v) is 4.59. The molecule has 2 rings (SSSR count). The number of allylic oxidation sites excluding steroid dienone is 1. The van der Waals surface area contributed by atoms with E-state index in [0.717, 1.165) is 17.9 Å². The molecule has 0 aromatic carbocycles. The first-order valence-electron chi connectivity index (χ1n) is 4.59. The van der Waals surface area contributed by atoms with Crippen molar-refractivity contribution in [1.82, 2.24) is 4.90 Å². The van der Waals surface area contributed by atoms with Gasteiger partial charge < -0.3 is 4.90 Å². The van der Waals surface area contributed by atoms with Crippen LogP contribution in [0.1, 0.15) is 26.7 Å². The standard InChI is InChI=1S/C10H17N/c1-7-4-9-6-8(2)11(3)10(9)5-7/h6-7,9-10H,4-5H2,1-3H3. The molecule has 2 aliphatic rings. The van der Waals surface area contributed by atoms with Gasteiger partial charge in [-0.1, -0.05) is 13.0 Å². The molecule has 0 aromatic rings. The summed E-state index contributed by atoms with van der Waals surface area (Å²) in [6.45, 7) is 4.60. The first-order chi connectivity index (χ1) is 5.18. The fourth-order valence-corrected chi connectivity index (χ4v) is 2.62. The summed E-state index contributed by atoms with van der Waals surface area (Å²) in [6.07, 6.45) is 5.26. The summed E-state index contributed by atoms with van der Waals surface area (Å²) in [7, 11) is 2.23. The van der Waals surface area contributed by atoms with Gasteiger partial charge in [0.25, 0.3) is 0 Å². The average Bonchev–Trinajstić information content (AvgIpc) is 2.37. The Balaban J connectivity index is 2.16. The van der Waals surface area contributed by atoms with Gasteiger partial charge in [0.1, 0.15) is 0 Å². The molecule has 1 fully saturated rings. The summed E-state index contributed by atoms with van der Waals surface area (Å²) in [5.74, 6) is 1.81. The number of fused-ring (bicyclic) bond motifs is 1. The molecule has 1 aliphatic carbocycles. The molecule has 0 aromatic heterocycles. The molecule has 3 atom stereocenters. The van der Waals surface area contributed by atoms with E-state index >= 15 is 0 Å². The lowest BCUT2D eigenvalue weighted by molar-refractivity contribution is 0.305. The zero-order valence-corrected chi connectivity index (χ0v) is 7.67. The minimum atomic E-state index is 0.838. The van der Waals surface area contributed by atoms with Crippen molar-refractivity contribution in [3.05, 3.63) is 11.8 Å². The van der Waals surface area contributed by atoms with E-state index in [1.165, 1.54) is 18.5 Å². The summed E-state index contributed by atoms with van der Waals surface area (Å²) in [5, 5.41) is 0. The highest BCUT2D eigenvalue weighted by Gasteiger charge is 2.37. The molecule has 0 radical (unpaired) electrons. The lowest BCUT2D eigenvalue weighted by Gasteiger charge is -2.23. The van der Waals surface area contributed by atoms with Crippen molar-refractivity contribution in [2.45, 2.75) is 32.7 Å². The van der Waals surface area contributed by atoms with E-state index in [1.807, 2.05) is 0 Å². The molecule has 0 spiro atoms. The molecular formula is C10H17N. The van der Waals surface area contributed by atoms with E-state index in [4.69, 9.17) is 0 Å². The van der Waals surface area contributed by atoms with Crippen LogP contribution in [-0.4, -0.2) is 18.0 Å². The summed E-state index contributed by atoms with van der Waals surface area (Å²) in [6, 6.07) is 0.838. The Kier molecular flexibility index (Phi) is 1.48. The second-order valence-corrected chi connectivity index (χ2v) is 4.23. The van der Waals surface area contributed by atoms with Gasteiger partial charge in [0, 0.05) is 18.8 Å². The Morgan fingerprint density at radius 2 is 2.18 bits per heavy atom. The molecule has 1 saturated carbocycles. The van der Waals surface area contributed by atoms with Crippen molar-refractivity contribution >= 4 is 0 Å². The highest BCUT2D eigenvalue weighted by molar-refractivity contribution is 5.15. The third-order valence-corrected chi connectivity index (χ3v) is 3.32. The molecule has 0 bridgehead atoms. The van der Waals surface area contributed by atoms with Gasteiger partial charge in [-0.15, -0.1) is 0 Å². The van der Waals surface area contributed by atoms with Crippen molar-refractivity contribution in [2.75, 3.05) is 7.05 Å². The molecule has 1 nitrogen and oxygen atoms in total. The zero-order valence-electron chi connectivity index (χ0n) is 7.67. The molecule has 0 N–H and O–H groups in total. The largest absolute Gasteiger partial charge is 0.375 e. The number of nitrogens with zero attached hydrogens (tertiary/aromatic N) is 1. The van der Waals surface area contributed by atoms with Crippen molar-refractivity contribution in [3.8, 4) is 0 Å². The molecule has 0 saturated heterocycles. The molecule has 1 heterocycles. The minimum absolute atomic E-state index is 0.838. The third-order valence-electron chi connectivity index (χ3n) is 3.32. The highest BCUT2D eigenvalue weighted by Crippen LogP contribution is 2.40. The molecule has 3 unspecified atom stereocenters. The monoisotopic (exact) mass is 151 g/mol. The number of rotatable bonds is 0. The SMILES string of the molecule is CC1=CC2CC(C)CC2N1C. The Bertz CT molecular complexity index is 195. The van der Waals surface area contributed by atoms with E-state index in [0.29, 0.717) is 0 Å². The fraction of sp³-hybridized carbons (Fsp3) is 0.800. The highest BCUT2D eigenvalue weighted by atomic mass is 15.2. The summed E-state index contributed by atoms with van der Waals surface area (Å²) >= 11 is 0. The van der Waals surface area contributed by atoms with Crippen LogP contribution in [0.3, 0.4) is 0 Å². The molecule has 0 amide bonds. The maximum Gasteiger partial charge on any atom is 0.0349 e. The second kappa shape index (κ2) is 2.26. The van der Waals surface area contributed by atoms with Crippen LogP contribution in [-0.2, 0) is 0 Å². The molecule has 11 heavy (non-hydrogen) atoms. The minimum Gasteiger partial charge on any atom is -0.375 e. The molecule has 1 aliphatic heterocycles. The van der Waals surface area contributed by atoms with E-state index in [2.05, 4.69) is 31.9 Å². The average molecular weight is 151 g/mol. The van der Waals surface area contributed by atoms with Crippen LogP contribution in [0.4, 0.5) is 0 Å². The van der Waals surface area contributed by atoms with Crippen molar-refractivity contribution < 1.29 is 0 Å². The normalized spacial score (nSPS) is 42.6. The van der Waals surface area contributed by atoms with Crippen molar-refractivity contribution in [3.63, 3.8) is 0 Å². The number of hydrogen-bond donors (Lipinski definition) is 0. The third kappa shape index (κ3) is 0.979. The van der Waals surface area contributed by atoms with Crippen LogP contribution in [0.25, 0.3) is 0 Å². The predicted molar refractivity (Wildman–Crippen MR) is 47.2 cm³/mol. The lowest BCUT2D eigenvalue weighted by atomic mass is 10.1. The summed E-state index contributed by atoms with van der Waals surface area (Å²) < 4.78 is 0. The summed E-state index contributed by atoms with van der Waals surface area (Å²) in [5.41, 5.74) is 1.48. The maximum atomic E-state index is 2.45. The van der Waals surface area contributed by atoms with Crippen molar-refractivity contribution in [1.29, 1.82) is 0 Å². The van der Waals surface area contributed by atoms with Gasteiger partial charge in [0.15, 0.2) is 0 Å². The molecular weight excluding hydrogens is 134 g/mol. The molecule has 1 heteroatoms. The van der Waals surface area contributed by atoms with Gasteiger partial charge in [-0.05, 0) is 31.6 Å². The van der Waals surface area contributed by atoms with Crippen LogP contribution < -0.4 is 0 Å². The van der Waals surface area contributed by atoms with Gasteiger partial charge in [0.05, 0.1) is 0 Å². The Morgan fingerprint density at radius 3 is 2.82 bits per heavy atom. The Hall–Kier alpha value is -0.460. The van der Waals surface area contributed by atoms with E-state index in [9.17, 15) is 0 Å². The van der Waals surface area contributed by atoms with Crippen LogP contribution in [0.15, 0.2) is 11.8 Å². The lowest BCUT2D eigenvalue weighted by Crippen LogP contribution is -2.26. The maximum absolute atomic E-state index is 2.45. The van der Waals surface area contributed by atoms with E-state index in [1.54, 1.807) is 0 Å². The predicted octanol–water partition coefficient (Wildman–Crippen LogP) is 2.25. The molecule has 62 valence electrons. The van der Waals surface area contributed by atoms with Crippen LogP contribution in [0, 0.1) is 11.8 Å². The Labute approximate surface area is 69.1 Å². The summed E-state index contributed by atoms with van der Waals surface area (Å²) in [4.78, 5) is 2.45. The topological polar surface area (TPSA) is 3.24 Å². The van der Waals surface area contributed by atoms with Crippen LogP contribution in [0.5, 0.6) is 0 Å². The van der Waals surface area contributed by atoms with E-state index < -0.39 is 0 Å². The van der Waals surface area contributed by atoms with Gasteiger partial charge >= 0.3 is 0 Å². The van der Waals surface area contributed by atoms with Crippen LogP contribution in [0.2, 0.25) is 0 Å². The fourth-order valence-electron chi connectivity index (χ4n) is 2.62. The van der Waals surface area contributed by atoms with Gasteiger partial charge in [-0.2, -0.15) is 0 Å². The first kappa shape index (κ1) is 7.20. The second-order valence-electron chi connectivity index (χ2n) is 4.23. The van der Waals surface area contributed by atoms with Gasteiger partial charge in [-0.25, -0.2) is 0 Å². The zero-order chi connectivity index (χ0) is 8.01. The number of hydrogen-bond acceptors (Lipinski definition) is 1. The van der Waals surface area contributed by atoms with Gasteiger partial charge in [0.2, 0.25) is 0 Å². The van der Waals surface area contributed by atoms with Crippen molar-refractivity contribution in [2.24, 2.45) is 11.8 Å². The van der Waals surface area contributed by atoms with E-state index in [-0.39, 0.29) is 0 Å². The van der Waals surface area contributed by atoms with Gasteiger partial charge in [-0.3, -0.25) is 0 Å².